The molecular formula is C21H27N3O3. The molecule has 1 aromatic rings. The maximum Gasteiger partial charge on any atom is 0.235 e. The second-order valence-corrected chi connectivity index (χ2v) is 8.50. The number of rotatable bonds is 3. The zero-order chi connectivity index (χ0) is 19.2. The minimum absolute atomic E-state index is 0.0509. The van der Waals surface area contributed by atoms with Crippen LogP contribution >= 0.6 is 0 Å². The maximum atomic E-state index is 13.0. The van der Waals surface area contributed by atoms with Crippen molar-refractivity contribution in [2.24, 2.45) is 11.8 Å². The van der Waals surface area contributed by atoms with Gasteiger partial charge in [-0.05, 0) is 30.4 Å². The van der Waals surface area contributed by atoms with Gasteiger partial charge in [0.1, 0.15) is 0 Å². The monoisotopic (exact) mass is 369 g/mol. The lowest BCUT2D eigenvalue weighted by Gasteiger charge is -2.38. The molecule has 144 valence electrons. The number of amides is 3. The lowest BCUT2D eigenvalue weighted by atomic mass is 9.73. The lowest BCUT2D eigenvalue weighted by Crippen LogP contribution is -2.50. The van der Waals surface area contributed by atoms with Crippen LogP contribution in [0, 0.1) is 11.8 Å². The number of hydrogen-bond donors (Lipinski definition) is 1. The molecule has 0 bridgehead atoms. The molecule has 27 heavy (non-hydrogen) atoms. The number of nitrogens with zero attached hydrogens (tertiary/aromatic N) is 2. The summed E-state index contributed by atoms with van der Waals surface area (Å²) in [5.41, 5.74) is 1.44. The van der Waals surface area contributed by atoms with Gasteiger partial charge in [0.25, 0.3) is 0 Å². The molecule has 3 heterocycles. The van der Waals surface area contributed by atoms with Gasteiger partial charge in [-0.25, -0.2) is 0 Å². The first-order chi connectivity index (χ1) is 12.9. The smallest absolute Gasteiger partial charge is 0.235 e. The highest BCUT2D eigenvalue weighted by Gasteiger charge is 2.49. The Bertz CT molecular complexity index is 781. The van der Waals surface area contributed by atoms with Crippen LogP contribution in [-0.4, -0.2) is 53.7 Å². The number of fused-ring (bicyclic) bond motifs is 2. The van der Waals surface area contributed by atoms with Gasteiger partial charge in [0, 0.05) is 38.3 Å². The van der Waals surface area contributed by atoms with E-state index >= 15 is 0 Å². The predicted molar refractivity (Wildman–Crippen MR) is 102 cm³/mol. The molecular weight excluding hydrogens is 342 g/mol. The topological polar surface area (TPSA) is 69.7 Å². The van der Waals surface area contributed by atoms with Gasteiger partial charge >= 0.3 is 0 Å². The second kappa shape index (κ2) is 6.66. The number of likely N-dealkylation sites (tertiary alicyclic amines) is 2. The van der Waals surface area contributed by atoms with Crippen molar-refractivity contribution in [2.75, 3.05) is 31.5 Å². The second-order valence-electron chi connectivity index (χ2n) is 8.50. The van der Waals surface area contributed by atoms with E-state index < -0.39 is 5.41 Å². The van der Waals surface area contributed by atoms with Crippen molar-refractivity contribution in [1.82, 2.24) is 9.80 Å². The van der Waals surface area contributed by atoms with E-state index in [0.717, 1.165) is 11.3 Å². The Morgan fingerprint density at radius 1 is 1.22 bits per heavy atom. The predicted octanol–water partition coefficient (Wildman–Crippen LogP) is 2.00. The number of nitrogens with one attached hydrogen (secondary N) is 1. The van der Waals surface area contributed by atoms with Crippen LogP contribution in [0.1, 0.15) is 38.7 Å². The molecule has 2 fully saturated rings. The molecule has 6 nitrogen and oxygen atoms in total. The van der Waals surface area contributed by atoms with Gasteiger partial charge in [0.15, 0.2) is 0 Å². The van der Waals surface area contributed by atoms with E-state index in [2.05, 4.69) is 19.2 Å². The van der Waals surface area contributed by atoms with Gasteiger partial charge in [0.05, 0.1) is 11.3 Å². The van der Waals surface area contributed by atoms with Crippen molar-refractivity contribution in [3.8, 4) is 0 Å². The van der Waals surface area contributed by atoms with E-state index in [1.165, 1.54) is 0 Å². The first kappa shape index (κ1) is 18.0. The Morgan fingerprint density at radius 3 is 2.63 bits per heavy atom. The Hall–Kier alpha value is -2.37. The lowest BCUT2D eigenvalue weighted by molar-refractivity contribution is -0.139. The van der Waals surface area contributed by atoms with Crippen molar-refractivity contribution in [1.29, 1.82) is 0 Å². The number of benzene rings is 1. The van der Waals surface area contributed by atoms with E-state index in [4.69, 9.17) is 0 Å². The van der Waals surface area contributed by atoms with Crippen LogP contribution in [0.5, 0.6) is 0 Å². The average molecular weight is 369 g/mol. The van der Waals surface area contributed by atoms with Crippen LogP contribution in [0.2, 0.25) is 0 Å². The number of para-hydroxylation sites is 1. The third-order valence-corrected chi connectivity index (χ3v) is 6.20. The van der Waals surface area contributed by atoms with Gasteiger partial charge in [0.2, 0.25) is 17.7 Å². The molecule has 0 aliphatic carbocycles. The molecule has 3 amide bonds. The van der Waals surface area contributed by atoms with Crippen LogP contribution in [-0.2, 0) is 19.8 Å². The van der Waals surface area contributed by atoms with E-state index in [0.29, 0.717) is 51.4 Å². The molecule has 4 rings (SSSR count). The summed E-state index contributed by atoms with van der Waals surface area (Å²) in [4.78, 5) is 41.5. The van der Waals surface area contributed by atoms with Crippen molar-refractivity contribution >= 4 is 23.4 Å². The maximum absolute atomic E-state index is 13.0. The SMILES string of the molecule is CC(C)CN1CC(C(=O)N2CCC3(CC2)C(=O)Nc2ccccc23)CC1=O. The summed E-state index contributed by atoms with van der Waals surface area (Å²) >= 11 is 0. The molecule has 1 atom stereocenters. The third-order valence-electron chi connectivity index (χ3n) is 6.20. The fourth-order valence-electron chi connectivity index (χ4n) is 4.79. The Labute approximate surface area is 159 Å². The van der Waals surface area contributed by atoms with Crippen molar-refractivity contribution in [3.63, 3.8) is 0 Å². The van der Waals surface area contributed by atoms with Crippen LogP contribution < -0.4 is 5.32 Å². The minimum atomic E-state index is -0.511. The van der Waals surface area contributed by atoms with E-state index in [-0.39, 0.29) is 23.6 Å². The molecule has 3 aliphatic rings. The van der Waals surface area contributed by atoms with Crippen molar-refractivity contribution < 1.29 is 14.4 Å². The van der Waals surface area contributed by atoms with Crippen LogP contribution in [0.25, 0.3) is 0 Å². The first-order valence-corrected chi connectivity index (χ1v) is 9.88. The highest BCUT2D eigenvalue weighted by Crippen LogP contribution is 2.45. The zero-order valence-corrected chi connectivity index (χ0v) is 16.0. The van der Waals surface area contributed by atoms with Gasteiger partial charge < -0.3 is 15.1 Å². The van der Waals surface area contributed by atoms with Crippen molar-refractivity contribution in [2.45, 2.75) is 38.5 Å². The standard InChI is InChI=1S/C21H27N3O3/c1-14(2)12-24-13-15(11-18(24)25)19(26)23-9-7-21(8-10-23)16-5-3-4-6-17(16)22-20(21)27/h3-6,14-15H,7-13H2,1-2H3,(H,22,27). The molecule has 2 saturated heterocycles. The van der Waals surface area contributed by atoms with Gasteiger partial charge in [-0.3, -0.25) is 14.4 Å². The van der Waals surface area contributed by atoms with Gasteiger partial charge in [-0.1, -0.05) is 32.0 Å². The fraction of sp³-hybridized carbons (Fsp3) is 0.571. The van der Waals surface area contributed by atoms with Gasteiger partial charge in [-0.2, -0.15) is 0 Å². The molecule has 1 aromatic carbocycles. The van der Waals surface area contributed by atoms with Crippen LogP contribution in [0.3, 0.4) is 0 Å². The normalized spacial score (nSPS) is 23.9. The van der Waals surface area contributed by atoms with Crippen LogP contribution in [0.15, 0.2) is 24.3 Å². The largest absolute Gasteiger partial charge is 0.342 e. The van der Waals surface area contributed by atoms with Crippen molar-refractivity contribution in [3.05, 3.63) is 29.8 Å². The Kier molecular flexibility index (Phi) is 4.44. The summed E-state index contributed by atoms with van der Waals surface area (Å²) in [6.45, 7) is 6.53. The zero-order valence-electron chi connectivity index (χ0n) is 16.0. The van der Waals surface area contributed by atoms with E-state index in [1.807, 2.05) is 34.1 Å². The number of hydrogen-bond acceptors (Lipinski definition) is 3. The summed E-state index contributed by atoms with van der Waals surface area (Å²) in [6, 6.07) is 7.85. The number of piperidine rings is 1. The number of carbonyl (C=O) groups excluding carboxylic acids is 3. The van der Waals surface area contributed by atoms with E-state index in [1.54, 1.807) is 0 Å². The molecule has 1 N–H and O–H groups in total. The minimum Gasteiger partial charge on any atom is -0.342 e. The summed E-state index contributed by atoms with van der Waals surface area (Å²) in [5.74, 6) is 0.360. The molecule has 1 unspecified atom stereocenters. The summed E-state index contributed by atoms with van der Waals surface area (Å²) in [6.07, 6.45) is 1.59. The van der Waals surface area contributed by atoms with Crippen LogP contribution in [0.4, 0.5) is 5.69 Å². The van der Waals surface area contributed by atoms with Gasteiger partial charge in [-0.15, -0.1) is 0 Å². The molecule has 0 radical (unpaired) electrons. The number of carbonyl (C=O) groups is 3. The highest BCUT2D eigenvalue weighted by atomic mass is 16.2. The fourth-order valence-corrected chi connectivity index (χ4v) is 4.79. The Balaban J connectivity index is 1.42. The Morgan fingerprint density at radius 2 is 1.93 bits per heavy atom. The molecule has 1 spiro atoms. The summed E-state index contributed by atoms with van der Waals surface area (Å²) in [5, 5.41) is 2.99. The third kappa shape index (κ3) is 3.01. The summed E-state index contributed by atoms with van der Waals surface area (Å²) in [7, 11) is 0. The van der Waals surface area contributed by atoms with E-state index in [9.17, 15) is 14.4 Å². The molecule has 0 saturated carbocycles. The highest BCUT2D eigenvalue weighted by molar-refractivity contribution is 6.06. The molecule has 3 aliphatic heterocycles. The quantitative estimate of drug-likeness (QED) is 0.886. The average Bonchev–Trinajstić information content (AvgIpc) is 3.13. The summed E-state index contributed by atoms with van der Waals surface area (Å²) < 4.78 is 0. The number of anilines is 1. The molecule has 0 aromatic heterocycles. The molecule has 6 heteroatoms. The first-order valence-electron chi connectivity index (χ1n) is 9.88.